The van der Waals surface area contributed by atoms with Gasteiger partial charge in [0, 0.05) is 6.20 Å². The van der Waals surface area contributed by atoms with E-state index in [1.54, 1.807) is 0 Å². The third-order valence-electron chi connectivity index (χ3n) is 2.46. The fraction of sp³-hybridized carbons (Fsp3) is 0.300. The molecular formula is C10H8F3N3O5S. The van der Waals surface area contributed by atoms with Gasteiger partial charge in [-0.25, -0.2) is 9.78 Å². The number of halogens is 3. The van der Waals surface area contributed by atoms with Crippen molar-refractivity contribution in [2.24, 2.45) is 0 Å². The zero-order chi connectivity index (χ0) is 16.7. The average molecular weight is 339 g/mol. The highest BCUT2D eigenvalue weighted by molar-refractivity contribution is 7.87. The number of hydrogen-bond donors (Lipinski definition) is 0. The van der Waals surface area contributed by atoms with Gasteiger partial charge in [-0.15, -0.1) is 0 Å². The highest BCUT2D eigenvalue weighted by Crippen LogP contribution is 2.27. The Morgan fingerprint density at radius 3 is 2.45 bits per heavy atom. The van der Waals surface area contributed by atoms with E-state index in [1.807, 2.05) is 0 Å². The molecule has 0 amide bonds. The van der Waals surface area contributed by atoms with Crippen LogP contribution in [0.1, 0.15) is 16.2 Å². The van der Waals surface area contributed by atoms with Crippen molar-refractivity contribution in [3.05, 3.63) is 23.8 Å². The Labute approximate surface area is 121 Å². The van der Waals surface area contributed by atoms with Crippen LogP contribution in [-0.2, 0) is 14.9 Å². The molecule has 0 aliphatic heterocycles. The highest BCUT2D eigenvalue weighted by Gasteiger charge is 2.49. The Kier molecular flexibility index (Phi) is 3.73. The first-order valence-corrected chi connectivity index (χ1v) is 6.91. The summed E-state index contributed by atoms with van der Waals surface area (Å²) in [4.78, 5) is 18.8. The van der Waals surface area contributed by atoms with E-state index in [0.29, 0.717) is 0 Å². The molecule has 0 radical (unpaired) electrons. The number of aromatic nitrogens is 3. The number of fused-ring (bicyclic) bond motifs is 1. The summed E-state index contributed by atoms with van der Waals surface area (Å²) in [6.45, 7) is 1.43. The lowest BCUT2D eigenvalue weighted by molar-refractivity contribution is -0.0501. The number of rotatable bonds is 3. The van der Waals surface area contributed by atoms with Crippen LogP contribution in [0.2, 0.25) is 0 Å². The minimum atomic E-state index is -5.83. The second kappa shape index (κ2) is 5.12. The van der Waals surface area contributed by atoms with Crippen LogP contribution in [0.15, 0.2) is 12.4 Å². The Bertz CT molecular complexity index is 843. The lowest BCUT2D eigenvalue weighted by atomic mass is 10.4. The normalized spacial score (nSPS) is 12.4. The molecule has 0 saturated heterocycles. The SMILES string of the molecule is COC(=O)c1cn2cc(OS(=O)(=O)C(F)(F)F)nc2c(C)n1. The molecule has 0 aliphatic rings. The van der Waals surface area contributed by atoms with E-state index >= 15 is 0 Å². The fourth-order valence-electron chi connectivity index (χ4n) is 1.53. The quantitative estimate of drug-likeness (QED) is 0.468. The van der Waals surface area contributed by atoms with Crippen LogP contribution in [0.25, 0.3) is 5.65 Å². The van der Waals surface area contributed by atoms with Gasteiger partial charge < -0.3 is 8.92 Å². The molecule has 12 heteroatoms. The number of carbonyl (C=O) groups is 1. The van der Waals surface area contributed by atoms with Crippen molar-refractivity contribution in [3.8, 4) is 5.88 Å². The summed E-state index contributed by atoms with van der Waals surface area (Å²) in [7, 11) is -4.70. The van der Waals surface area contributed by atoms with Crippen LogP contribution in [0.4, 0.5) is 13.2 Å². The first-order chi connectivity index (χ1) is 10.0. The monoisotopic (exact) mass is 339 g/mol. The van der Waals surface area contributed by atoms with Gasteiger partial charge in [-0.3, -0.25) is 4.40 Å². The van der Waals surface area contributed by atoms with Gasteiger partial charge in [0.2, 0.25) is 0 Å². The maximum Gasteiger partial charge on any atom is 0.534 e. The molecule has 0 N–H and O–H groups in total. The Hall–Kier alpha value is -2.37. The predicted molar refractivity (Wildman–Crippen MR) is 64.7 cm³/mol. The molecule has 2 aromatic heterocycles. The van der Waals surface area contributed by atoms with Crippen molar-refractivity contribution in [2.45, 2.75) is 12.4 Å². The summed E-state index contributed by atoms with van der Waals surface area (Å²) in [5, 5.41) is 0. The van der Waals surface area contributed by atoms with Crippen LogP contribution >= 0.6 is 0 Å². The van der Waals surface area contributed by atoms with Gasteiger partial charge in [0.15, 0.2) is 11.3 Å². The molecule has 22 heavy (non-hydrogen) atoms. The summed E-state index contributed by atoms with van der Waals surface area (Å²) in [6.07, 6.45) is 1.99. The number of alkyl halides is 3. The van der Waals surface area contributed by atoms with Crippen LogP contribution in [-0.4, -0.2) is 41.4 Å². The van der Waals surface area contributed by atoms with E-state index in [1.165, 1.54) is 6.92 Å². The first kappa shape index (κ1) is 16.0. The molecule has 0 spiro atoms. The maximum atomic E-state index is 12.2. The van der Waals surface area contributed by atoms with Crippen LogP contribution in [0, 0.1) is 6.92 Å². The smallest absolute Gasteiger partial charge is 0.464 e. The number of methoxy groups -OCH3 is 1. The number of nitrogens with zero attached hydrogens (tertiary/aromatic N) is 3. The fourth-order valence-corrected chi connectivity index (χ4v) is 1.93. The summed E-state index contributed by atoms with van der Waals surface area (Å²) in [5.74, 6) is -1.58. The number of carbonyl (C=O) groups excluding carboxylic acids is 1. The average Bonchev–Trinajstić information content (AvgIpc) is 2.78. The minimum Gasteiger partial charge on any atom is -0.464 e. The molecule has 8 nitrogen and oxygen atoms in total. The number of esters is 1. The summed E-state index contributed by atoms with van der Waals surface area (Å²) >= 11 is 0. The van der Waals surface area contributed by atoms with E-state index in [2.05, 4.69) is 18.9 Å². The van der Waals surface area contributed by atoms with E-state index in [0.717, 1.165) is 23.9 Å². The van der Waals surface area contributed by atoms with Gasteiger partial charge >= 0.3 is 21.6 Å². The number of imidazole rings is 1. The molecule has 2 heterocycles. The van der Waals surface area contributed by atoms with Gasteiger partial charge in [-0.1, -0.05) is 0 Å². The van der Waals surface area contributed by atoms with Crippen LogP contribution < -0.4 is 4.18 Å². The molecule has 2 rings (SSSR count). The molecular weight excluding hydrogens is 331 g/mol. The van der Waals surface area contributed by atoms with Crippen molar-refractivity contribution in [2.75, 3.05) is 7.11 Å². The van der Waals surface area contributed by atoms with E-state index in [4.69, 9.17) is 0 Å². The minimum absolute atomic E-state index is 0.0278. The lowest BCUT2D eigenvalue weighted by Crippen LogP contribution is -2.28. The third-order valence-corrected chi connectivity index (χ3v) is 3.41. The van der Waals surface area contributed by atoms with Gasteiger partial charge in [0.05, 0.1) is 19.0 Å². The molecule has 0 atom stereocenters. The van der Waals surface area contributed by atoms with Crippen LogP contribution in [0.5, 0.6) is 5.88 Å². The van der Waals surface area contributed by atoms with E-state index < -0.39 is 27.5 Å². The molecule has 120 valence electrons. The third kappa shape index (κ3) is 2.81. The molecule has 2 aromatic rings. The van der Waals surface area contributed by atoms with Crippen LogP contribution in [0.3, 0.4) is 0 Å². The number of aryl methyl sites for hydroxylation is 1. The zero-order valence-electron chi connectivity index (χ0n) is 11.1. The predicted octanol–water partition coefficient (Wildman–Crippen LogP) is 1.05. The van der Waals surface area contributed by atoms with E-state index in [-0.39, 0.29) is 17.0 Å². The second-order valence-corrected chi connectivity index (χ2v) is 5.53. The maximum absolute atomic E-state index is 12.2. The molecule has 0 unspecified atom stereocenters. The molecule has 0 bridgehead atoms. The number of hydrogen-bond acceptors (Lipinski definition) is 7. The molecule has 0 aliphatic carbocycles. The summed E-state index contributed by atoms with van der Waals surface area (Å²) < 4.78 is 68.1. The molecule has 0 aromatic carbocycles. The largest absolute Gasteiger partial charge is 0.534 e. The Balaban J connectivity index is 2.48. The topological polar surface area (TPSA) is 99.9 Å². The number of ether oxygens (including phenoxy) is 1. The first-order valence-electron chi connectivity index (χ1n) is 5.50. The van der Waals surface area contributed by atoms with E-state index in [9.17, 15) is 26.4 Å². The van der Waals surface area contributed by atoms with Gasteiger partial charge in [-0.05, 0) is 6.92 Å². The Morgan fingerprint density at radius 2 is 1.91 bits per heavy atom. The van der Waals surface area contributed by atoms with Crippen molar-refractivity contribution in [3.63, 3.8) is 0 Å². The van der Waals surface area contributed by atoms with Crippen molar-refractivity contribution in [1.82, 2.24) is 14.4 Å². The van der Waals surface area contributed by atoms with Crippen molar-refractivity contribution in [1.29, 1.82) is 0 Å². The van der Waals surface area contributed by atoms with Gasteiger partial charge in [-0.2, -0.15) is 26.6 Å². The lowest BCUT2D eigenvalue weighted by Gasteiger charge is -2.06. The van der Waals surface area contributed by atoms with Gasteiger partial charge in [0.1, 0.15) is 0 Å². The zero-order valence-corrected chi connectivity index (χ0v) is 11.9. The summed E-state index contributed by atoms with van der Waals surface area (Å²) in [5.41, 5.74) is -5.51. The van der Waals surface area contributed by atoms with Gasteiger partial charge in [0.25, 0.3) is 5.88 Å². The molecule has 0 fully saturated rings. The van der Waals surface area contributed by atoms with Crippen molar-refractivity contribution >= 4 is 21.7 Å². The highest BCUT2D eigenvalue weighted by atomic mass is 32.2. The second-order valence-electron chi connectivity index (χ2n) is 4.00. The Morgan fingerprint density at radius 1 is 1.27 bits per heavy atom. The molecule has 0 saturated carbocycles. The summed E-state index contributed by atoms with van der Waals surface area (Å²) in [6, 6.07) is 0. The standard InChI is InChI=1S/C10H8F3N3O5S/c1-5-8-15-7(21-22(18,19)10(11,12)13)4-16(8)3-6(14-5)9(17)20-2/h3-4H,1-2H3. The van der Waals surface area contributed by atoms with Crippen molar-refractivity contribution < 1.29 is 35.3 Å².